The maximum atomic E-state index is 13.2. The molecule has 0 bridgehead atoms. The van der Waals surface area contributed by atoms with Crippen molar-refractivity contribution in [2.24, 2.45) is 0 Å². The number of hydrogen-bond acceptors (Lipinski definition) is 3. The van der Waals surface area contributed by atoms with Gasteiger partial charge in [0.05, 0.1) is 28.7 Å². The number of hydrogen-bond donors (Lipinski definition) is 1. The van der Waals surface area contributed by atoms with Gasteiger partial charge in [-0.3, -0.25) is 9.59 Å². The van der Waals surface area contributed by atoms with Gasteiger partial charge in [0.1, 0.15) is 5.82 Å². The van der Waals surface area contributed by atoms with E-state index in [-0.39, 0.29) is 23.7 Å². The van der Waals surface area contributed by atoms with Gasteiger partial charge in [-0.2, -0.15) is 0 Å². The normalized spacial score (nSPS) is 14.1. The van der Waals surface area contributed by atoms with E-state index < -0.39 is 23.4 Å². The quantitative estimate of drug-likeness (QED) is 0.832. The fraction of sp³-hybridized carbons (Fsp3) is 0.158. The van der Waals surface area contributed by atoms with Gasteiger partial charge in [0.15, 0.2) is 5.76 Å². The van der Waals surface area contributed by atoms with Gasteiger partial charge in [-0.25, -0.2) is 4.39 Å². The van der Waals surface area contributed by atoms with Gasteiger partial charge in [0.2, 0.25) is 0 Å². The highest BCUT2D eigenvalue weighted by Crippen LogP contribution is 2.30. The first-order valence-corrected chi connectivity index (χ1v) is 8.72. The molecule has 2 aromatic carbocycles. The zero-order chi connectivity index (χ0) is 19.7. The molecule has 0 radical (unpaired) electrons. The second-order valence-electron chi connectivity index (χ2n) is 6.10. The van der Waals surface area contributed by atoms with Crippen LogP contribution in [0.25, 0.3) is 0 Å². The molecule has 1 heterocycles. The smallest absolute Gasteiger partial charge is 0.289 e. The predicted octanol–water partition coefficient (Wildman–Crippen LogP) is 3.95. The lowest BCUT2D eigenvalue weighted by Gasteiger charge is -2.24. The minimum absolute atomic E-state index is 0.00919. The molecule has 1 aliphatic heterocycles. The molecule has 1 aliphatic rings. The molecule has 3 rings (SSSR count). The molecule has 2 amide bonds. The first-order chi connectivity index (χ1) is 12.8. The van der Waals surface area contributed by atoms with Gasteiger partial charge < -0.3 is 14.9 Å². The highest BCUT2D eigenvalue weighted by molar-refractivity contribution is 6.42. The molecule has 0 spiro atoms. The highest BCUT2D eigenvalue weighted by Gasteiger charge is 2.34. The van der Waals surface area contributed by atoms with Crippen LogP contribution in [0.5, 0.6) is 0 Å². The topological polar surface area (TPSA) is 60.9 Å². The largest absolute Gasteiger partial charge is 0.503 e. The maximum Gasteiger partial charge on any atom is 0.289 e. The Morgan fingerprint density at radius 1 is 1.19 bits per heavy atom. The van der Waals surface area contributed by atoms with Gasteiger partial charge in [-0.05, 0) is 35.9 Å². The van der Waals surface area contributed by atoms with Crippen LogP contribution in [0.1, 0.15) is 5.56 Å². The fourth-order valence-corrected chi connectivity index (χ4v) is 3.02. The second kappa shape index (κ2) is 7.58. The van der Waals surface area contributed by atoms with Crippen LogP contribution in [0, 0.1) is 5.82 Å². The van der Waals surface area contributed by atoms with Gasteiger partial charge >= 0.3 is 0 Å². The molecule has 1 N–H and O–H groups in total. The molecule has 0 saturated carbocycles. The van der Waals surface area contributed by atoms with E-state index in [0.29, 0.717) is 16.3 Å². The first kappa shape index (κ1) is 19.2. The number of carbonyl (C=O) groups is 2. The third kappa shape index (κ3) is 3.91. The van der Waals surface area contributed by atoms with Gasteiger partial charge in [0.25, 0.3) is 11.8 Å². The molecular weight excluding hydrogens is 394 g/mol. The number of rotatable bonds is 4. The average molecular weight is 409 g/mol. The maximum absolute atomic E-state index is 13.2. The van der Waals surface area contributed by atoms with Crippen molar-refractivity contribution in [1.82, 2.24) is 4.90 Å². The standard InChI is InChI=1S/C19H15Cl2FN2O3/c1-23-10-14(17(25)19(23)27)18(26)24(9-11-2-4-12(22)5-3-11)13-6-7-15(20)16(21)8-13/h2-8,25H,9-10H2,1H3. The highest BCUT2D eigenvalue weighted by atomic mass is 35.5. The fourth-order valence-electron chi connectivity index (χ4n) is 2.73. The number of amides is 2. The van der Waals surface area contributed by atoms with Crippen LogP contribution < -0.4 is 4.90 Å². The second-order valence-corrected chi connectivity index (χ2v) is 6.92. The van der Waals surface area contributed by atoms with E-state index in [1.807, 2.05) is 0 Å². The van der Waals surface area contributed by atoms with Gasteiger partial charge in [0, 0.05) is 12.7 Å². The number of carbonyl (C=O) groups excluding carboxylic acids is 2. The summed E-state index contributed by atoms with van der Waals surface area (Å²) >= 11 is 12.0. The van der Waals surface area contributed by atoms with E-state index in [2.05, 4.69) is 0 Å². The van der Waals surface area contributed by atoms with Crippen LogP contribution in [0.15, 0.2) is 53.8 Å². The van der Waals surface area contributed by atoms with E-state index in [9.17, 15) is 19.1 Å². The van der Waals surface area contributed by atoms with E-state index in [1.54, 1.807) is 24.3 Å². The molecule has 27 heavy (non-hydrogen) atoms. The number of aliphatic hydroxyl groups is 1. The van der Waals surface area contributed by atoms with E-state index in [1.165, 1.54) is 35.0 Å². The molecule has 5 nitrogen and oxygen atoms in total. The van der Waals surface area contributed by atoms with Crippen molar-refractivity contribution in [3.63, 3.8) is 0 Å². The SMILES string of the molecule is CN1CC(C(=O)N(Cc2ccc(F)cc2)c2ccc(Cl)c(Cl)c2)=C(O)C1=O. The number of anilines is 1. The van der Waals surface area contributed by atoms with Crippen LogP contribution in [0.2, 0.25) is 10.0 Å². The molecule has 140 valence electrons. The molecule has 8 heteroatoms. The summed E-state index contributed by atoms with van der Waals surface area (Å²) in [6.07, 6.45) is 0. The summed E-state index contributed by atoms with van der Waals surface area (Å²) in [5.41, 5.74) is 1.07. The Kier molecular flexibility index (Phi) is 5.39. The third-order valence-electron chi connectivity index (χ3n) is 4.20. The summed E-state index contributed by atoms with van der Waals surface area (Å²) in [6, 6.07) is 10.3. The molecule has 0 aliphatic carbocycles. The third-order valence-corrected chi connectivity index (χ3v) is 4.94. The van der Waals surface area contributed by atoms with Crippen molar-refractivity contribution in [3.05, 3.63) is 75.2 Å². The molecule has 2 aromatic rings. The van der Waals surface area contributed by atoms with Crippen molar-refractivity contribution >= 4 is 40.7 Å². The van der Waals surface area contributed by atoms with Gasteiger partial charge in [-0.15, -0.1) is 0 Å². The molecule has 0 saturated heterocycles. The van der Waals surface area contributed by atoms with E-state index >= 15 is 0 Å². The number of halogens is 3. The molecule has 0 fully saturated rings. The Balaban J connectivity index is 2.01. The van der Waals surface area contributed by atoms with Crippen LogP contribution >= 0.6 is 23.2 Å². The summed E-state index contributed by atoms with van der Waals surface area (Å²) in [5, 5.41) is 10.6. The summed E-state index contributed by atoms with van der Waals surface area (Å²) in [6.45, 7) is 0.0799. The number of benzene rings is 2. The monoisotopic (exact) mass is 408 g/mol. The lowest BCUT2D eigenvalue weighted by molar-refractivity contribution is -0.126. The first-order valence-electron chi connectivity index (χ1n) is 7.97. The van der Waals surface area contributed by atoms with Crippen molar-refractivity contribution in [2.75, 3.05) is 18.5 Å². The van der Waals surface area contributed by atoms with Gasteiger partial charge in [-0.1, -0.05) is 35.3 Å². The number of nitrogens with zero attached hydrogens (tertiary/aromatic N) is 2. The lowest BCUT2D eigenvalue weighted by Crippen LogP contribution is -2.33. The summed E-state index contributed by atoms with van der Waals surface area (Å²) in [7, 11) is 1.49. The zero-order valence-corrected chi connectivity index (χ0v) is 15.8. The Morgan fingerprint density at radius 3 is 2.41 bits per heavy atom. The Hall–Kier alpha value is -2.57. The average Bonchev–Trinajstić information content (AvgIpc) is 2.90. The number of aliphatic hydroxyl groups excluding tert-OH is 1. The van der Waals surface area contributed by atoms with Crippen LogP contribution in [-0.4, -0.2) is 35.4 Å². The number of likely N-dealkylation sites (N-methyl/N-ethyl adjacent to an activating group) is 1. The Morgan fingerprint density at radius 2 is 1.85 bits per heavy atom. The summed E-state index contributed by atoms with van der Waals surface area (Å²) < 4.78 is 13.2. The van der Waals surface area contributed by atoms with E-state index in [4.69, 9.17) is 23.2 Å². The van der Waals surface area contributed by atoms with Crippen molar-refractivity contribution in [3.8, 4) is 0 Å². The van der Waals surface area contributed by atoms with Crippen molar-refractivity contribution < 1.29 is 19.1 Å². The zero-order valence-electron chi connectivity index (χ0n) is 14.2. The Bertz CT molecular complexity index is 944. The predicted molar refractivity (Wildman–Crippen MR) is 101 cm³/mol. The summed E-state index contributed by atoms with van der Waals surface area (Å²) in [5.74, 6) is -2.14. The molecule has 0 atom stereocenters. The minimum atomic E-state index is -0.616. The summed E-state index contributed by atoms with van der Waals surface area (Å²) in [4.78, 5) is 27.5. The van der Waals surface area contributed by atoms with Crippen molar-refractivity contribution in [2.45, 2.75) is 6.54 Å². The molecular formula is C19H15Cl2FN2O3. The Labute approximate surface area is 165 Å². The van der Waals surface area contributed by atoms with Crippen LogP contribution in [0.3, 0.4) is 0 Å². The van der Waals surface area contributed by atoms with Crippen LogP contribution in [0.4, 0.5) is 10.1 Å². The lowest BCUT2D eigenvalue weighted by atomic mass is 10.1. The molecule has 0 aromatic heterocycles. The minimum Gasteiger partial charge on any atom is -0.503 e. The van der Waals surface area contributed by atoms with E-state index in [0.717, 1.165) is 0 Å². The van der Waals surface area contributed by atoms with Crippen molar-refractivity contribution in [1.29, 1.82) is 0 Å². The van der Waals surface area contributed by atoms with Crippen LogP contribution in [-0.2, 0) is 16.1 Å². The molecule has 0 unspecified atom stereocenters.